The van der Waals surface area contributed by atoms with E-state index in [2.05, 4.69) is 21.5 Å². The van der Waals surface area contributed by atoms with Crippen molar-refractivity contribution >= 4 is 17.6 Å². The molecule has 9 heteroatoms. The van der Waals surface area contributed by atoms with Crippen LogP contribution in [-0.2, 0) is 19.5 Å². The van der Waals surface area contributed by atoms with Crippen LogP contribution in [-0.4, -0.2) is 27.2 Å². The van der Waals surface area contributed by atoms with Crippen molar-refractivity contribution in [2.24, 2.45) is 0 Å². The highest BCUT2D eigenvalue weighted by atomic mass is 35.5. The Labute approximate surface area is 231 Å². The Hall–Kier alpha value is -3.75. The number of ether oxygens (including phenoxy) is 1. The highest BCUT2D eigenvalue weighted by Crippen LogP contribution is 2.31. The van der Waals surface area contributed by atoms with Crippen LogP contribution in [0.25, 0.3) is 11.4 Å². The summed E-state index contributed by atoms with van der Waals surface area (Å²) in [6.07, 6.45) is 2.45. The second-order valence-electron chi connectivity index (χ2n) is 9.13. The molecule has 2 N–H and O–H groups in total. The van der Waals surface area contributed by atoms with Crippen LogP contribution in [0.5, 0.6) is 5.75 Å². The lowest BCUT2D eigenvalue weighted by Gasteiger charge is -2.22. The second kappa shape index (κ2) is 13.4. The van der Waals surface area contributed by atoms with E-state index in [4.69, 9.17) is 16.6 Å². The maximum atomic E-state index is 12.7. The molecule has 0 saturated carbocycles. The van der Waals surface area contributed by atoms with Crippen molar-refractivity contribution in [3.8, 4) is 17.1 Å². The minimum Gasteiger partial charge on any atom is -0.478 e. The van der Waals surface area contributed by atoms with E-state index in [0.29, 0.717) is 18.1 Å². The second-order valence-corrected chi connectivity index (χ2v) is 9.49. The molecule has 0 bridgehead atoms. The number of aromatic nitrogens is 2. The van der Waals surface area contributed by atoms with E-state index in [0.717, 1.165) is 47.6 Å². The van der Waals surface area contributed by atoms with Gasteiger partial charge in [-0.2, -0.15) is 8.78 Å². The summed E-state index contributed by atoms with van der Waals surface area (Å²) in [5, 5.41) is 13.1. The fourth-order valence-electron chi connectivity index (χ4n) is 4.41. The molecular formula is C30H30ClF2N3O3. The van der Waals surface area contributed by atoms with Crippen molar-refractivity contribution < 1.29 is 23.4 Å². The van der Waals surface area contributed by atoms with Crippen molar-refractivity contribution in [1.29, 1.82) is 0 Å². The quantitative estimate of drug-likeness (QED) is 0.181. The molecule has 0 fully saturated rings. The van der Waals surface area contributed by atoms with E-state index in [-0.39, 0.29) is 17.4 Å². The highest BCUT2D eigenvalue weighted by molar-refractivity contribution is 6.30. The van der Waals surface area contributed by atoms with Gasteiger partial charge >= 0.3 is 12.6 Å². The van der Waals surface area contributed by atoms with E-state index in [1.807, 2.05) is 30.3 Å². The number of aromatic carboxylic acids is 1. The monoisotopic (exact) mass is 553 g/mol. The Morgan fingerprint density at radius 3 is 2.36 bits per heavy atom. The van der Waals surface area contributed by atoms with Gasteiger partial charge in [-0.1, -0.05) is 79.5 Å². The summed E-state index contributed by atoms with van der Waals surface area (Å²) < 4.78 is 32.1. The Bertz CT molecular complexity index is 1360. The Morgan fingerprint density at radius 2 is 1.74 bits per heavy atom. The number of nitrogens with zero attached hydrogens (tertiary/aromatic N) is 2. The number of unbranched alkanes of at least 4 members (excludes halogenated alkanes) is 1. The average Bonchev–Trinajstić information content (AvgIpc) is 3.25. The lowest BCUT2D eigenvalue weighted by atomic mass is 10.0. The van der Waals surface area contributed by atoms with E-state index in [9.17, 15) is 18.7 Å². The van der Waals surface area contributed by atoms with Crippen LogP contribution in [0.2, 0.25) is 5.15 Å². The molecule has 0 spiro atoms. The van der Waals surface area contributed by atoms with Crippen LogP contribution in [0.15, 0.2) is 78.9 Å². The van der Waals surface area contributed by atoms with E-state index < -0.39 is 12.6 Å². The molecule has 204 valence electrons. The molecule has 0 aliphatic carbocycles. The molecule has 4 rings (SSSR count). The lowest BCUT2D eigenvalue weighted by Crippen LogP contribution is -2.24. The third-order valence-electron chi connectivity index (χ3n) is 6.45. The van der Waals surface area contributed by atoms with Gasteiger partial charge in [0, 0.05) is 31.1 Å². The molecule has 1 atom stereocenters. The van der Waals surface area contributed by atoms with Crippen molar-refractivity contribution in [2.75, 3.05) is 0 Å². The van der Waals surface area contributed by atoms with Crippen LogP contribution in [0.4, 0.5) is 8.78 Å². The number of hydrogen-bond donors (Lipinski definition) is 2. The first-order chi connectivity index (χ1) is 18.9. The van der Waals surface area contributed by atoms with Crippen molar-refractivity contribution in [1.82, 2.24) is 14.9 Å². The molecule has 0 amide bonds. The number of alkyl halides is 2. The number of nitrogens with one attached hydrogen (secondary N) is 1. The van der Waals surface area contributed by atoms with Gasteiger partial charge in [-0.3, -0.25) is 0 Å². The average molecular weight is 554 g/mol. The maximum absolute atomic E-state index is 12.7. The van der Waals surface area contributed by atoms with Gasteiger partial charge in [-0.15, -0.1) is 0 Å². The van der Waals surface area contributed by atoms with Crippen molar-refractivity contribution in [2.45, 2.75) is 51.9 Å². The highest BCUT2D eigenvalue weighted by Gasteiger charge is 2.22. The number of benzene rings is 3. The largest absolute Gasteiger partial charge is 0.478 e. The molecule has 0 radical (unpaired) electrons. The number of imidazole rings is 1. The normalized spacial score (nSPS) is 12.0. The summed E-state index contributed by atoms with van der Waals surface area (Å²) in [4.78, 5) is 15.9. The molecule has 6 nitrogen and oxygen atoms in total. The Balaban J connectivity index is 1.66. The first-order valence-corrected chi connectivity index (χ1v) is 13.1. The first kappa shape index (κ1) is 28.3. The van der Waals surface area contributed by atoms with Gasteiger partial charge < -0.3 is 19.7 Å². The predicted molar refractivity (Wildman–Crippen MR) is 147 cm³/mol. The smallest absolute Gasteiger partial charge is 0.387 e. The molecule has 1 heterocycles. The molecule has 3 aromatic carbocycles. The molecule has 4 aromatic rings. The lowest BCUT2D eigenvalue weighted by molar-refractivity contribution is -0.0498. The van der Waals surface area contributed by atoms with Gasteiger partial charge in [-0.05, 0) is 41.8 Å². The minimum absolute atomic E-state index is 0.0779. The standard InChI is InChI=1S/C30H30ClF2N3O3/c1-2-3-17-36-26(27(31)35-28(36)22-7-5-4-6-8-22)18-25(21-13-15-24(16-14-21)39-30(32)33)34-19-20-9-11-23(12-10-20)29(37)38/h4-16,25,30,34H,2-3,17-19H2,1H3,(H,37,38). The van der Waals surface area contributed by atoms with Crippen LogP contribution in [0, 0.1) is 0 Å². The zero-order valence-corrected chi connectivity index (χ0v) is 22.2. The van der Waals surface area contributed by atoms with Gasteiger partial charge in [0.25, 0.3) is 0 Å². The third-order valence-corrected chi connectivity index (χ3v) is 6.75. The Kier molecular flexibility index (Phi) is 9.68. The van der Waals surface area contributed by atoms with Crippen molar-refractivity contribution in [3.63, 3.8) is 0 Å². The third kappa shape index (κ3) is 7.43. The number of rotatable bonds is 13. The first-order valence-electron chi connectivity index (χ1n) is 12.8. The maximum Gasteiger partial charge on any atom is 0.387 e. The molecule has 0 aliphatic heterocycles. The molecule has 1 aromatic heterocycles. The van der Waals surface area contributed by atoms with Gasteiger partial charge in [-0.25, -0.2) is 9.78 Å². The van der Waals surface area contributed by atoms with Gasteiger partial charge in [0.15, 0.2) is 5.15 Å². The van der Waals surface area contributed by atoms with Crippen LogP contribution < -0.4 is 10.1 Å². The summed E-state index contributed by atoms with van der Waals surface area (Å²) in [6.45, 7) is 0.428. The fraction of sp³-hybridized carbons (Fsp3) is 0.267. The minimum atomic E-state index is -2.90. The number of hydrogen-bond acceptors (Lipinski definition) is 4. The van der Waals surface area contributed by atoms with E-state index in [1.165, 1.54) is 12.1 Å². The van der Waals surface area contributed by atoms with Crippen LogP contribution in [0.3, 0.4) is 0 Å². The number of carbonyl (C=O) groups is 1. The summed E-state index contributed by atoms with van der Waals surface area (Å²) in [7, 11) is 0. The topological polar surface area (TPSA) is 76.4 Å². The van der Waals surface area contributed by atoms with Gasteiger partial charge in [0.05, 0.1) is 11.3 Å². The van der Waals surface area contributed by atoms with E-state index in [1.54, 1.807) is 36.4 Å². The zero-order chi connectivity index (χ0) is 27.8. The number of carboxylic acids is 1. The van der Waals surface area contributed by atoms with Gasteiger partial charge in [0.2, 0.25) is 0 Å². The zero-order valence-electron chi connectivity index (χ0n) is 21.5. The van der Waals surface area contributed by atoms with Gasteiger partial charge in [0.1, 0.15) is 11.6 Å². The number of halogens is 3. The van der Waals surface area contributed by atoms with Crippen molar-refractivity contribution in [3.05, 3.63) is 106 Å². The molecule has 1 unspecified atom stereocenters. The fourth-order valence-corrected chi connectivity index (χ4v) is 4.66. The van der Waals surface area contributed by atoms with Crippen LogP contribution >= 0.6 is 11.6 Å². The summed E-state index contributed by atoms with van der Waals surface area (Å²) >= 11 is 6.74. The summed E-state index contributed by atoms with van der Waals surface area (Å²) in [5.74, 6) is -0.107. The summed E-state index contributed by atoms with van der Waals surface area (Å²) in [6, 6.07) is 22.8. The molecular weight excluding hydrogens is 524 g/mol. The Morgan fingerprint density at radius 1 is 1.05 bits per heavy atom. The SMILES string of the molecule is CCCCn1c(-c2ccccc2)nc(Cl)c1CC(NCc1ccc(C(=O)O)cc1)c1ccc(OC(F)F)cc1. The molecule has 0 aliphatic rings. The molecule has 39 heavy (non-hydrogen) atoms. The summed E-state index contributed by atoms with van der Waals surface area (Å²) in [5.41, 5.74) is 3.82. The number of carboxylic acid groups (broad SMARTS) is 1. The predicted octanol–water partition coefficient (Wildman–Crippen LogP) is 7.38. The molecule has 0 saturated heterocycles. The van der Waals surface area contributed by atoms with Crippen LogP contribution in [0.1, 0.15) is 53.0 Å². The van der Waals surface area contributed by atoms with E-state index >= 15 is 0 Å².